The van der Waals surface area contributed by atoms with Crippen molar-refractivity contribution < 1.29 is 9.90 Å². The third-order valence-electron chi connectivity index (χ3n) is 6.54. The maximum Gasteiger partial charge on any atom is 0.202 e. The largest absolute Gasteiger partial charge is 0.394 e. The maximum atomic E-state index is 12.5. The molecule has 1 fully saturated rings. The van der Waals surface area contributed by atoms with Crippen LogP contribution in [0.1, 0.15) is 23.2 Å². The molecule has 1 aliphatic heterocycles. The summed E-state index contributed by atoms with van der Waals surface area (Å²) in [5.41, 5.74) is 2.62. The minimum absolute atomic E-state index is 0.00585. The van der Waals surface area contributed by atoms with E-state index in [9.17, 15) is 9.90 Å². The van der Waals surface area contributed by atoms with Gasteiger partial charge in [0.1, 0.15) is 11.3 Å². The number of aromatic amines is 1. The van der Waals surface area contributed by atoms with E-state index in [2.05, 4.69) is 25.4 Å². The maximum absolute atomic E-state index is 12.5. The summed E-state index contributed by atoms with van der Waals surface area (Å²) >= 11 is 12.5. The zero-order valence-electron chi connectivity index (χ0n) is 18.8. The molecule has 0 amide bonds. The van der Waals surface area contributed by atoms with Gasteiger partial charge in [-0.1, -0.05) is 65.7 Å². The van der Waals surface area contributed by atoms with Gasteiger partial charge >= 0.3 is 0 Å². The first-order valence-electron chi connectivity index (χ1n) is 11.3. The Morgan fingerprint density at radius 1 is 1.11 bits per heavy atom. The molecule has 0 bridgehead atoms. The number of fused-ring (bicyclic) bond motifs is 1. The lowest BCUT2D eigenvalue weighted by atomic mass is 9.88. The Morgan fingerprint density at radius 3 is 2.63 bits per heavy atom. The van der Waals surface area contributed by atoms with Gasteiger partial charge in [0.05, 0.1) is 35.1 Å². The molecule has 180 valence electrons. The van der Waals surface area contributed by atoms with Crippen molar-refractivity contribution in [2.45, 2.75) is 18.4 Å². The number of aliphatic hydroxyl groups excluding tert-OH is 1. The number of nitrogens with one attached hydrogen (secondary N) is 2. The van der Waals surface area contributed by atoms with Crippen molar-refractivity contribution in [1.29, 1.82) is 0 Å². The number of carbonyl (C=O) groups excluding carboxylic acids is 1. The van der Waals surface area contributed by atoms with E-state index in [1.165, 1.54) is 0 Å². The molecule has 1 saturated heterocycles. The van der Waals surface area contributed by atoms with Crippen molar-refractivity contribution in [2.24, 2.45) is 0 Å². The first-order valence-corrected chi connectivity index (χ1v) is 12.1. The van der Waals surface area contributed by atoms with Crippen LogP contribution >= 0.6 is 23.2 Å². The third kappa shape index (κ3) is 4.75. The minimum atomic E-state index is -0.513. The van der Waals surface area contributed by atoms with E-state index >= 15 is 0 Å². The quantitative estimate of drug-likeness (QED) is 0.321. The SMILES string of the molecule is O=C(CNC1(CO)CCN(c2cnc3c(-c4cccc(Cl)c4Cl)[nH]nc3n2)CC1)c1ccccc1. The lowest BCUT2D eigenvalue weighted by molar-refractivity contribution is 0.0931. The van der Waals surface area contributed by atoms with Gasteiger partial charge in [0.15, 0.2) is 5.78 Å². The van der Waals surface area contributed by atoms with Crippen LogP contribution in [0.4, 0.5) is 5.82 Å². The second-order valence-electron chi connectivity index (χ2n) is 8.67. The van der Waals surface area contributed by atoms with Gasteiger partial charge < -0.3 is 15.3 Å². The number of Topliss-reactive ketones (excluding diaryl/α,β-unsaturated/α-hetero) is 1. The number of anilines is 1. The van der Waals surface area contributed by atoms with Crippen molar-refractivity contribution in [3.8, 4) is 11.3 Å². The summed E-state index contributed by atoms with van der Waals surface area (Å²) in [5, 5.41) is 21.6. The number of aliphatic hydroxyl groups is 1. The molecule has 3 N–H and O–H groups in total. The van der Waals surface area contributed by atoms with Gasteiger partial charge in [0, 0.05) is 29.8 Å². The molecular formula is C25H24Cl2N6O2. The molecule has 0 aliphatic carbocycles. The lowest BCUT2D eigenvalue weighted by Gasteiger charge is -2.41. The highest BCUT2D eigenvalue weighted by atomic mass is 35.5. The molecule has 2 aromatic heterocycles. The van der Waals surface area contributed by atoms with Gasteiger partial charge in [0.25, 0.3) is 0 Å². The molecule has 0 radical (unpaired) electrons. The van der Waals surface area contributed by atoms with Crippen LogP contribution in [0, 0.1) is 0 Å². The lowest BCUT2D eigenvalue weighted by Crippen LogP contribution is -2.57. The predicted octanol–water partition coefficient (Wildman–Crippen LogP) is 4.13. The number of ketones is 1. The zero-order chi connectivity index (χ0) is 24.4. The van der Waals surface area contributed by atoms with Crippen LogP contribution in [0.3, 0.4) is 0 Å². The van der Waals surface area contributed by atoms with Crippen LogP contribution in [-0.4, -0.2) is 62.8 Å². The molecule has 3 heterocycles. The minimum Gasteiger partial charge on any atom is -0.394 e. The van der Waals surface area contributed by atoms with Crippen LogP contribution < -0.4 is 10.2 Å². The predicted molar refractivity (Wildman–Crippen MR) is 137 cm³/mol. The highest BCUT2D eigenvalue weighted by Gasteiger charge is 2.35. The number of H-pyrrole nitrogens is 1. The number of aromatic nitrogens is 4. The Bertz CT molecular complexity index is 1350. The number of nitrogens with zero attached hydrogens (tertiary/aromatic N) is 4. The first kappa shape index (κ1) is 23.7. The second-order valence-corrected chi connectivity index (χ2v) is 9.45. The molecule has 0 saturated carbocycles. The second kappa shape index (κ2) is 9.91. The smallest absolute Gasteiger partial charge is 0.202 e. The molecule has 0 unspecified atom stereocenters. The molecule has 0 atom stereocenters. The van der Waals surface area contributed by atoms with E-state index in [0.717, 1.165) is 0 Å². The molecule has 35 heavy (non-hydrogen) atoms. The number of piperidine rings is 1. The van der Waals surface area contributed by atoms with Crippen molar-refractivity contribution in [3.63, 3.8) is 0 Å². The summed E-state index contributed by atoms with van der Waals surface area (Å²) < 4.78 is 0. The molecule has 5 rings (SSSR count). The number of rotatable bonds is 7. The Balaban J connectivity index is 1.28. The van der Waals surface area contributed by atoms with E-state index in [1.54, 1.807) is 24.4 Å². The number of hydrogen-bond donors (Lipinski definition) is 3. The van der Waals surface area contributed by atoms with Crippen LogP contribution in [0.5, 0.6) is 0 Å². The Kier molecular flexibility index (Phi) is 6.71. The highest BCUT2D eigenvalue weighted by molar-refractivity contribution is 6.43. The highest BCUT2D eigenvalue weighted by Crippen LogP contribution is 2.35. The zero-order valence-corrected chi connectivity index (χ0v) is 20.4. The van der Waals surface area contributed by atoms with Crippen molar-refractivity contribution in [1.82, 2.24) is 25.5 Å². The Hall–Kier alpha value is -3.04. The van der Waals surface area contributed by atoms with E-state index < -0.39 is 5.54 Å². The molecular weight excluding hydrogens is 487 g/mol. The van der Waals surface area contributed by atoms with Crippen molar-refractivity contribution in [2.75, 3.05) is 31.1 Å². The molecule has 2 aromatic carbocycles. The average molecular weight is 511 g/mol. The van der Waals surface area contributed by atoms with Gasteiger partial charge in [-0.25, -0.2) is 9.97 Å². The summed E-state index contributed by atoms with van der Waals surface area (Å²) in [6.45, 7) is 1.45. The van der Waals surface area contributed by atoms with Crippen LogP contribution in [0.2, 0.25) is 10.0 Å². The topological polar surface area (TPSA) is 107 Å². The van der Waals surface area contributed by atoms with Gasteiger partial charge in [-0.15, -0.1) is 0 Å². The van der Waals surface area contributed by atoms with Gasteiger partial charge in [-0.05, 0) is 18.9 Å². The molecule has 10 heteroatoms. The fraction of sp³-hybridized carbons (Fsp3) is 0.280. The van der Waals surface area contributed by atoms with Gasteiger partial charge in [-0.2, -0.15) is 5.10 Å². The van der Waals surface area contributed by atoms with Crippen LogP contribution in [0.15, 0.2) is 54.7 Å². The van der Waals surface area contributed by atoms with Gasteiger partial charge in [-0.3, -0.25) is 9.89 Å². The summed E-state index contributed by atoms with van der Waals surface area (Å²) in [6.07, 6.45) is 3.04. The number of hydrogen-bond acceptors (Lipinski definition) is 7. The van der Waals surface area contributed by atoms with E-state index in [0.29, 0.717) is 69.8 Å². The molecule has 1 aliphatic rings. The first-order chi connectivity index (χ1) is 17.0. The fourth-order valence-electron chi connectivity index (χ4n) is 4.37. The van der Waals surface area contributed by atoms with E-state index in [1.807, 2.05) is 30.3 Å². The molecule has 0 spiro atoms. The summed E-state index contributed by atoms with van der Waals surface area (Å²) in [4.78, 5) is 23.9. The Morgan fingerprint density at radius 2 is 1.89 bits per heavy atom. The Labute approximate surface area is 212 Å². The van der Waals surface area contributed by atoms with E-state index in [4.69, 9.17) is 28.2 Å². The van der Waals surface area contributed by atoms with Crippen LogP contribution in [-0.2, 0) is 0 Å². The fourth-order valence-corrected chi connectivity index (χ4v) is 4.77. The van der Waals surface area contributed by atoms with E-state index in [-0.39, 0.29) is 18.9 Å². The monoisotopic (exact) mass is 510 g/mol. The number of carbonyl (C=O) groups is 1. The summed E-state index contributed by atoms with van der Waals surface area (Å²) in [5.74, 6) is 0.714. The van der Waals surface area contributed by atoms with Crippen molar-refractivity contribution in [3.05, 3.63) is 70.3 Å². The van der Waals surface area contributed by atoms with Crippen molar-refractivity contribution >= 4 is 46.0 Å². The normalized spacial score (nSPS) is 15.5. The summed E-state index contributed by atoms with van der Waals surface area (Å²) in [7, 11) is 0. The average Bonchev–Trinajstić information content (AvgIpc) is 3.33. The third-order valence-corrected chi connectivity index (χ3v) is 7.36. The molecule has 4 aromatic rings. The number of benzene rings is 2. The number of halogens is 2. The van der Waals surface area contributed by atoms with Gasteiger partial charge in [0.2, 0.25) is 5.65 Å². The standard InChI is InChI=1S/C25H24Cl2N6O2/c26-18-8-4-7-17(21(18)27)22-23-24(32-31-22)30-20(14-28-23)33-11-9-25(15-34,10-12-33)29-13-19(35)16-5-2-1-3-6-16/h1-8,14,29,34H,9-13,15H2,(H,30,31,32). The summed E-state index contributed by atoms with van der Waals surface area (Å²) in [6, 6.07) is 14.6. The molecule has 8 nitrogen and oxygen atoms in total. The van der Waals surface area contributed by atoms with Crippen LogP contribution in [0.25, 0.3) is 22.4 Å².